The van der Waals surface area contributed by atoms with E-state index >= 15 is 0 Å². The first-order chi connectivity index (χ1) is 21.8. The normalized spacial score (nSPS) is 12.0. The summed E-state index contributed by atoms with van der Waals surface area (Å²) in [5.74, 6) is -0.295. The first-order valence-corrected chi connectivity index (χ1v) is 15.8. The molecular weight excluding hydrogens is 600 g/mol. The van der Waals surface area contributed by atoms with Gasteiger partial charge >= 0.3 is 5.97 Å². The van der Waals surface area contributed by atoms with Crippen LogP contribution in [0, 0.1) is 10.8 Å². The summed E-state index contributed by atoms with van der Waals surface area (Å²) >= 11 is 6.14. The smallest absolute Gasteiger partial charge is 0.311 e. The molecule has 0 unspecified atom stereocenters. The van der Waals surface area contributed by atoms with Crippen LogP contribution in [0.1, 0.15) is 85.6 Å². The monoisotopic (exact) mass is 638 g/mol. The number of carbonyl (C=O) groups excluding carboxylic acids is 3. The van der Waals surface area contributed by atoms with Crippen LogP contribution in [0.5, 0.6) is 5.75 Å². The molecule has 0 bridgehead atoms. The summed E-state index contributed by atoms with van der Waals surface area (Å²) in [6.45, 7) is 11.7. The number of Topliss-reactive ketones (excluding diaryl/α,β-unsaturated/α-hetero) is 1. The van der Waals surface area contributed by atoms with E-state index in [1.807, 2.05) is 57.2 Å². The van der Waals surface area contributed by atoms with Gasteiger partial charge in [-0.15, -0.1) is 0 Å². The third kappa shape index (κ3) is 7.15. The molecule has 3 heterocycles. The predicted octanol–water partition coefficient (Wildman–Crippen LogP) is 8.70. The van der Waals surface area contributed by atoms with Gasteiger partial charge in [0, 0.05) is 40.2 Å². The molecule has 0 amide bonds. The number of ketones is 2. The number of para-hydroxylation sites is 1. The maximum atomic E-state index is 14.3. The van der Waals surface area contributed by atoms with E-state index in [-0.39, 0.29) is 43.0 Å². The van der Waals surface area contributed by atoms with Gasteiger partial charge in [0.1, 0.15) is 12.4 Å². The fraction of sp³-hybridized carbons (Fsp3) is 0.316. The molecule has 0 aliphatic carbocycles. The Morgan fingerprint density at radius 1 is 0.913 bits per heavy atom. The lowest BCUT2D eigenvalue weighted by molar-refractivity contribution is -0.153. The molecular formula is C38H39ClN2O5. The van der Waals surface area contributed by atoms with Crippen molar-refractivity contribution < 1.29 is 23.9 Å². The molecule has 0 fully saturated rings. The summed E-state index contributed by atoms with van der Waals surface area (Å²) in [5.41, 5.74) is 2.45. The predicted molar refractivity (Wildman–Crippen MR) is 181 cm³/mol. The Balaban J connectivity index is 1.66. The molecule has 0 aliphatic heterocycles. The van der Waals surface area contributed by atoms with E-state index in [9.17, 15) is 14.4 Å². The molecule has 5 rings (SSSR count). The number of rotatable bonds is 11. The quantitative estimate of drug-likeness (QED) is 0.106. The summed E-state index contributed by atoms with van der Waals surface area (Å²) < 4.78 is 13.3. The molecule has 5 aromatic rings. The second kappa shape index (κ2) is 13.1. The van der Waals surface area contributed by atoms with Crippen LogP contribution in [-0.2, 0) is 22.6 Å². The molecule has 0 saturated heterocycles. The van der Waals surface area contributed by atoms with Gasteiger partial charge in [0.15, 0.2) is 5.78 Å². The van der Waals surface area contributed by atoms with E-state index in [1.165, 1.54) is 0 Å². The van der Waals surface area contributed by atoms with Gasteiger partial charge in [-0.1, -0.05) is 56.6 Å². The van der Waals surface area contributed by atoms with Crippen LogP contribution in [0.3, 0.4) is 0 Å². The summed E-state index contributed by atoms with van der Waals surface area (Å²) in [4.78, 5) is 46.3. The zero-order valence-corrected chi connectivity index (χ0v) is 27.9. The fourth-order valence-electron chi connectivity index (χ4n) is 5.60. The van der Waals surface area contributed by atoms with Gasteiger partial charge < -0.3 is 13.9 Å². The van der Waals surface area contributed by atoms with Crippen molar-refractivity contribution in [1.29, 1.82) is 0 Å². The highest BCUT2D eigenvalue weighted by molar-refractivity contribution is 6.30. The molecule has 238 valence electrons. The highest BCUT2D eigenvalue weighted by Gasteiger charge is 2.37. The molecule has 2 aromatic carbocycles. The number of carbonyl (C=O) groups is 3. The second-order valence-corrected chi connectivity index (χ2v) is 13.8. The van der Waals surface area contributed by atoms with Gasteiger partial charge in [-0.25, -0.2) is 4.98 Å². The molecule has 0 N–H and O–H groups in total. The van der Waals surface area contributed by atoms with Gasteiger partial charge in [0.25, 0.3) is 0 Å². The van der Waals surface area contributed by atoms with Crippen LogP contribution >= 0.6 is 11.6 Å². The highest BCUT2D eigenvalue weighted by Crippen LogP contribution is 2.37. The third-order valence-electron chi connectivity index (χ3n) is 7.79. The third-order valence-corrected chi connectivity index (χ3v) is 8.04. The minimum Gasteiger partial charge on any atom is -0.487 e. The number of ether oxygens (including phenoxy) is 2. The molecule has 8 heteroatoms. The zero-order valence-electron chi connectivity index (χ0n) is 27.1. The van der Waals surface area contributed by atoms with E-state index in [4.69, 9.17) is 26.1 Å². The number of hydrogen-bond acceptors (Lipinski definition) is 6. The van der Waals surface area contributed by atoms with E-state index in [2.05, 4.69) is 0 Å². The van der Waals surface area contributed by atoms with Gasteiger partial charge in [0.2, 0.25) is 5.78 Å². The Kier molecular flexibility index (Phi) is 9.36. The van der Waals surface area contributed by atoms with Crippen LogP contribution in [0.25, 0.3) is 16.4 Å². The largest absolute Gasteiger partial charge is 0.487 e. The molecule has 46 heavy (non-hydrogen) atoms. The van der Waals surface area contributed by atoms with E-state index in [0.29, 0.717) is 38.7 Å². The van der Waals surface area contributed by atoms with Crippen molar-refractivity contribution in [3.8, 4) is 5.75 Å². The number of hydrogen-bond donors (Lipinski definition) is 0. The molecule has 3 aromatic heterocycles. The number of benzene rings is 2. The lowest BCUT2D eigenvalue weighted by Crippen LogP contribution is -2.30. The molecule has 0 spiro atoms. The van der Waals surface area contributed by atoms with Crippen LogP contribution in [0.2, 0.25) is 5.02 Å². The highest BCUT2D eigenvalue weighted by atomic mass is 35.5. The average Bonchev–Trinajstić information content (AvgIpc) is 3.31. The molecule has 7 nitrogen and oxygen atoms in total. The summed E-state index contributed by atoms with van der Waals surface area (Å²) in [5, 5.41) is 1.54. The maximum absolute atomic E-state index is 14.3. The summed E-state index contributed by atoms with van der Waals surface area (Å²) in [6, 6.07) is 22.0. The molecule has 0 atom stereocenters. The number of esters is 1. The van der Waals surface area contributed by atoms with Crippen molar-refractivity contribution in [2.75, 3.05) is 6.61 Å². The second-order valence-electron chi connectivity index (χ2n) is 13.4. The van der Waals surface area contributed by atoms with Gasteiger partial charge in [-0.3, -0.25) is 14.4 Å². The maximum Gasteiger partial charge on any atom is 0.311 e. The van der Waals surface area contributed by atoms with Crippen molar-refractivity contribution >= 4 is 45.6 Å². The summed E-state index contributed by atoms with van der Waals surface area (Å²) in [6.07, 6.45) is 2.10. The fourth-order valence-corrected chi connectivity index (χ4v) is 5.73. The van der Waals surface area contributed by atoms with Crippen molar-refractivity contribution in [2.45, 2.75) is 61.0 Å². The number of nitrogens with zero attached hydrogens (tertiary/aromatic N) is 2. The van der Waals surface area contributed by atoms with Gasteiger partial charge in [-0.05, 0) is 80.6 Å². The topological polar surface area (TPSA) is 87.0 Å². The molecule has 0 saturated carbocycles. The van der Waals surface area contributed by atoms with Crippen molar-refractivity contribution in [1.82, 2.24) is 9.38 Å². The number of aromatic nitrogens is 2. The average molecular weight is 639 g/mol. The number of pyridine rings is 2. The standard InChI is InChI=1S/C38H39ClN2O5/c1-7-45-36(44)38(5,6)21-29-33(32(42)22-37(2,3)4)31-20-28(46-23-27-17-14-24-10-8-9-11-30(24)40-27)18-19-41(31)34(29)35(43)25-12-15-26(39)16-13-25/h8-20H,7,21-23H2,1-6H3. The van der Waals surface area contributed by atoms with Gasteiger partial charge in [0.05, 0.1) is 34.4 Å². The van der Waals surface area contributed by atoms with Crippen molar-refractivity contribution in [2.24, 2.45) is 10.8 Å². The Labute approximate surface area is 274 Å². The first-order valence-electron chi connectivity index (χ1n) is 15.4. The zero-order chi connectivity index (χ0) is 33.2. The van der Waals surface area contributed by atoms with Crippen molar-refractivity contribution in [3.63, 3.8) is 0 Å². The number of halogens is 1. The van der Waals surface area contributed by atoms with Crippen LogP contribution in [0.4, 0.5) is 0 Å². The van der Waals surface area contributed by atoms with Gasteiger partial charge in [-0.2, -0.15) is 0 Å². The Morgan fingerprint density at radius 3 is 2.33 bits per heavy atom. The molecule has 0 radical (unpaired) electrons. The lowest BCUT2D eigenvalue weighted by Gasteiger charge is -2.24. The SMILES string of the molecule is CCOC(=O)C(C)(C)Cc1c(C(=O)CC(C)(C)C)c2cc(OCc3ccc4ccccc4n3)ccn2c1C(=O)c1ccc(Cl)cc1. The van der Waals surface area contributed by atoms with Crippen molar-refractivity contribution in [3.05, 3.63) is 112 Å². The van der Waals surface area contributed by atoms with Crippen LogP contribution in [0.15, 0.2) is 79.0 Å². The summed E-state index contributed by atoms with van der Waals surface area (Å²) in [7, 11) is 0. The van der Waals surface area contributed by atoms with E-state index in [0.717, 1.165) is 16.6 Å². The molecule has 0 aliphatic rings. The Bertz CT molecular complexity index is 1930. The minimum absolute atomic E-state index is 0.116. The number of fused-ring (bicyclic) bond motifs is 2. The van der Waals surface area contributed by atoms with Crippen LogP contribution in [-0.4, -0.2) is 33.5 Å². The van der Waals surface area contributed by atoms with Crippen LogP contribution < -0.4 is 4.74 Å². The Morgan fingerprint density at radius 2 is 1.63 bits per heavy atom. The Hall–Kier alpha value is -4.49. The van der Waals surface area contributed by atoms with E-state index < -0.39 is 11.4 Å². The minimum atomic E-state index is -1.02. The van der Waals surface area contributed by atoms with E-state index in [1.54, 1.807) is 67.8 Å². The first kappa shape index (κ1) is 32.9. The lowest BCUT2D eigenvalue weighted by atomic mass is 9.81.